The number of nitrogens with zero attached hydrogens (tertiary/aromatic N) is 1. The number of benzene rings is 10. The van der Waals surface area contributed by atoms with Crippen molar-refractivity contribution in [1.82, 2.24) is 0 Å². The predicted octanol–water partition coefficient (Wildman–Crippen LogP) is 15.7. The van der Waals surface area contributed by atoms with Crippen molar-refractivity contribution >= 4 is 93.3 Å². The van der Waals surface area contributed by atoms with E-state index in [-0.39, 0.29) is 0 Å². The monoisotopic (exact) mass is 727 g/mol. The van der Waals surface area contributed by atoms with Crippen LogP contribution >= 0.6 is 0 Å². The fraction of sp³-hybridized carbons (Fsp3) is 0. The van der Waals surface area contributed by atoms with Crippen molar-refractivity contribution in [3.05, 3.63) is 200 Å². The average molecular weight is 728 g/mol. The molecule has 0 saturated heterocycles. The third-order valence-electron chi connectivity index (χ3n) is 11.7. The van der Waals surface area contributed by atoms with E-state index in [9.17, 15) is 0 Å². The molecule has 10 aromatic carbocycles. The van der Waals surface area contributed by atoms with Gasteiger partial charge in [-0.05, 0) is 74.5 Å². The molecule has 12 aromatic rings. The molecule has 0 saturated carbocycles. The van der Waals surface area contributed by atoms with Gasteiger partial charge in [0.1, 0.15) is 22.3 Å². The lowest BCUT2D eigenvalue weighted by Crippen LogP contribution is -2.11. The van der Waals surface area contributed by atoms with Gasteiger partial charge in [-0.15, -0.1) is 0 Å². The summed E-state index contributed by atoms with van der Waals surface area (Å²) in [5.41, 5.74) is 10.9. The van der Waals surface area contributed by atoms with Crippen molar-refractivity contribution in [1.29, 1.82) is 0 Å². The normalized spacial score (nSPS) is 11.9. The van der Waals surface area contributed by atoms with E-state index < -0.39 is 0 Å². The van der Waals surface area contributed by atoms with Gasteiger partial charge in [0.25, 0.3) is 0 Å². The second kappa shape index (κ2) is 12.5. The summed E-state index contributed by atoms with van der Waals surface area (Å²) in [5, 5.41) is 11.4. The number of anilines is 3. The lowest BCUT2D eigenvalue weighted by atomic mass is 9.95. The minimum Gasteiger partial charge on any atom is -0.455 e. The van der Waals surface area contributed by atoms with Gasteiger partial charge in [0, 0.05) is 27.3 Å². The standard InChI is InChI=1S/C54H33NO2/c1-2-14-35(15-3-1)39-22-11-25-45-51-47(27-13-29-50(51)57-53(39)45)55(46-26-12-24-40-38-20-7-5-17-36(38)30-31-42(40)46)48-33-32-43(41-23-10-18-34-16-4-6-19-37(34)41)54-52(48)44-21-8-9-28-49(44)56-54/h1-33H. The third kappa shape index (κ3) is 4.79. The van der Waals surface area contributed by atoms with E-state index in [1.807, 2.05) is 0 Å². The Morgan fingerprint density at radius 1 is 0.281 bits per heavy atom. The summed E-state index contributed by atoms with van der Waals surface area (Å²) in [6.07, 6.45) is 0. The zero-order valence-corrected chi connectivity index (χ0v) is 30.8. The van der Waals surface area contributed by atoms with Gasteiger partial charge in [0.15, 0.2) is 0 Å². The van der Waals surface area contributed by atoms with Crippen LogP contribution in [0.4, 0.5) is 17.1 Å². The van der Waals surface area contributed by atoms with E-state index in [1.165, 1.54) is 26.9 Å². The first kappa shape index (κ1) is 31.7. The van der Waals surface area contributed by atoms with Crippen molar-refractivity contribution in [3.8, 4) is 22.3 Å². The molecule has 0 radical (unpaired) electrons. The Labute approximate surface area is 328 Å². The van der Waals surface area contributed by atoms with E-state index in [0.29, 0.717) is 0 Å². The van der Waals surface area contributed by atoms with Crippen LogP contribution in [-0.4, -0.2) is 0 Å². The molecular formula is C54H33NO2. The summed E-state index contributed by atoms with van der Waals surface area (Å²) < 4.78 is 13.8. The summed E-state index contributed by atoms with van der Waals surface area (Å²) in [7, 11) is 0. The van der Waals surface area contributed by atoms with Crippen LogP contribution in [0.3, 0.4) is 0 Å². The van der Waals surface area contributed by atoms with Crippen molar-refractivity contribution in [2.45, 2.75) is 0 Å². The van der Waals surface area contributed by atoms with E-state index in [4.69, 9.17) is 8.83 Å². The molecule has 2 heterocycles. The highest BCUT2D eigenvalue weighted by Gasteiger charge is 2.27. The molecule has 12 rings (SSSR count). The Bertz CT molecular complexity index is 3530. The lowest BCUT2D eigenvalue weighted by Gasteiger charge is -2.29. The minimum absolute atomic E-state index is 0.835. The molecule has 0 amide bonds. The number of rotatable bonds is 5. The number of hydrogen-bond acceptors (Lipinski definition) is 3. The minimum atomic E-state index is 0.835. The predicted molar refractivity (Wildman–Crippen MR) is 239 cm³/mol. The van der Waals surface area contributed by atoms with Gasteiger partial charge in [-0.1, -0.05) is 164 Å². The molecule has 3 nitrogen and oxygen atoms in total. The highest BCUT2D eigenvalue weighted by atomic mass is 16.3. The van der Waals surface area contributed by atoms with Crippen LogP contribution < -0.4 is 4.90 Å². The summed E-state index contributed by atoms with van der Waals surface area (Å²) in [6.45, 7) is 0. The van der Waals surface area contributed by atoms with Crippen LogP contribution in [0.1, 0.15) is 0 Å². The third-order valence-corrected chi connectivity index (χ3v) is 11.7. The Hall–Kier alpha value is -7.62. The fourth-order valence-corrected chi connectivity index (χ4v) is 9.14. The van der Waals surface area contributed by atoms with Crippen molar-refractivity contribution < 1.29 is 8.83 Å². The zero-order chi connectivity index (χ0) is 37.5. The van der Waals surface area contributed by atoms with Gasteiger partial charge in [-0.25, -0.2) is 0 Å². The Morgan fingerprint density at radius 2 is 0.877 bits per heavy atom. The highest BCUT2D eigenvalue weighted by molar-refractivity contribution is 6.23. The van der Waals surface area contributed by atoms with Gasteiger partial charge >= 0.3 is 0 Å². The molecule has 0 fully saturated rings. The summed E-state index contributed by atoms with van der Waals surface area (Å²) >= 11 is 0. The maximum atomic E-state index is 6.96. The molecule has 0 aliphatic heterocycles. The largest absolute Gasteiger partial charge is 0.455 e. The molecule has 0 bridgehead atoms. The molecule has 0 N–H and O–H groups in total. The number of fused-ring (bicyclic) bond motifs is 10. The Balaban J connectivity index is 1.22. The topological polar surface area (TPSA) is 29.5 Å². The fourth-order valence-electron chi connectivity index (χ4n) is 9.14. The second-order valence-electron chi connectivity index (χ2n) is 14.8. The quantitative estimate of drug-likeness (QED) is 0.165. The molecule has 0 unspecified atom stereocenters. The molecule has 0 aliphatic rings. The molecule has 0 atom stereocenters. The van der Waals surface area contributed by atoms with Gasteiger partial charge in [-0.2, -0.15) is 0 Å². The van der Waals surface area contributed by atoms with E-state index >= 15 is 0 Å². The van der Waals surface area contributed by atoms with Crippen LogP contribution in [0.15, 0.2) is 209 Å². The van der Waals surface area contributed by atoms with Gasteiger partial charge in [0.2, 0.25) is 0 Å². The summed E-state index contributed by atoms with van der Waals surface area (Å²) in [5.74, 6) is 0. The smallest absolute Gasteiger partial charge is 0.145 e. The molecule has 0 spiro atoms. The molecular weight excluding hydrogens is 695 g/mol. The second-order valence-corrected chi connectivity index (χ2v) is 14.8. The van der Waals surface area contributed by atoms with Crippen LogP contribution in [0, 0.1) is 0 Å². The molecule has 3 heteroatoms. The first-order valence-corrected chi connectivity index (χ1v) is 19.4. The van der Waals surface area contributed by atoms with Gasteiger partial charge in [0.05, 0.1) is 27.8 Å². The van der Waals surface area contributed by atoms with Crippen molar-refractivity contribution in [2.75, 3.05) is 4.90 Å². The highest BCUT2D eigenvalue weighted by Crippen LogP contribution is 2.51. The first-order chi connectivity index (χ1) is 28.3. The SMILES string of the molecule is c1ccc(-c2cccc3c2oc2cccc(N(c4cccc5c4ccc4ccccc45)c4ccc(-c5cccc6ccccc56)c5oc6ccccc6c45)c23)cc1. The first-order valence-electron chi connectivity index (χ1n) is 19.4. The number of furan rings is 2. The summed E-state index contributed by atoms with van der Waals surface area (Å²) in [6, 6.07) is 71.4. The van der Waals surface area contributed by atoms with E-state index in [2.05, 4.69) is 205 Å². The van der Waals surface area contributed by atoms with Gasteiger partial charge < -0.3 is 13.7 Å². The lowest BCUT2D eigenvalue weighted by molar-refractivity contribution is 0.670. The van der Waals surface area contributed by atoms with Gasteiger partial charge in [-0.3, -0.25) is 0 Å². The van der Waals surface area contributed by atoms with Crippen LogP contribution in [-0.2, 0) is 0 Å². The average Bonchev–Trinajstić information content (AvgIpc) is 3.87. The number of para-hydroxylation sites is 2. The van der Waals surface area contributed by atoms with Crippen LogP contribution in [0.25, 0.3) is 98.4 Å². The number of hydrogen-bond donors (Lipinski definition) is 0. The Kier molecular flexibility index (Phi) is 6.93. The van der Waals surface area contributed by atoms with E-state index in [0.717, 1.165) is 88.6 Å². The Morgan fingerprint density at radius 3 is 1.77 bits per heavy atom. The molecule has 266 valence electrons. The summed E-state index contributed by atoms with van der Waals surface area (Å²) in [4.78, 5) is 2.45. The van der Waals surface area contributed by atoms with Crippen LogP contribution in [0.5, 0.6) is 0 Å². The molecule has 2 aromatic heterocycles. The van der Waals surface area contributed by atoms with Crippen molar-refractivity contribution in [3.63, 3.8) is 0 Å². The van der Waals surface area contributed by atoms with E-state index in [1.54, 1.807) is 0 Å². The molecule has 57 heavy (non-hydrogen) atoms. The van der Waals surface area contributed by atoms with Crippen molar-refractivity contribution in [2.24, 2.45) is 0 Å². The maximum Gasteiger partial charge on any atom is 0.145 e. The molecule has 0 aliphatic carbocycles. The maximum absolute atomic E-state index is 6.96. The van der Waals surface area contributed by atoms with Crippen LogP contribution in [0.2, 0.25) is 0 Å². The zero-order valence-electron chi connectivity index (χ0n) is 30.8.